The second kappa shape index (κ2) is 8.28. The summed E-state index contributed by atoms with van der Waals surface area (Å²) in [5, 5.41) is 13.4. The van der Waals surface area contributed by atoms with Crippen LogP contribution in [0.3, 0.4) is 0 Å². The lowest BCUT2D eigenvalue weighted by molar-refractivity contribution is 0.234. The number of amides is 2. The van der Waals surface area contributed by atoms with Gasteiger partial charge in [0.2, 0.25) is 0 Å². The maximum absolute atomic E-state index is 12.2. The predicted molar refractivity (Wildman–Crippen MR) is 97.3 cm³/mol. The number of carbonyl (C=O) groups is 1. The van der Waals surface area contributed by atoms with E-state index in [1.165, 1.54) is 0 Å². The van der Waals surface area contributed by atoms with Gasteiger partial charge in [-0.3, -0.25) is 4.68 Å². The molecule has 132 valence electrons. The van der Waals surface area contributed by atoms with Crippen LogP contribution in [0.5, 0.6) is 0 Å². The largest absolute Gasteiger partial charge is 0.338 e. The zero-order valence-corrected chi connectivity index (χ0v) is 15.9. The summed E-state index contributed by atoms with van der Waals surface area (Å²) in [7, 11) is 0. The van der Waals surface area contributed by atoms with Crippen LogP contribution >= 0.6 is 11.3 Å². The molecular formula is C17H27N5OS. The van der Waals surface area contributed by atoms with Crippen molar-refractivity contribution >= 4 is 17.4 Å². The average molecular weight is 350 g/mol. The van der Waals surface area contributed by atoms with Gasteiger partial charge in [-0.05, 0) is 39.2 Å². The number of nitrogens with one attached hydrogen (secondary N) is 2. The maximum Gasteiger partial charge on any atom is 0.315 e. The predicted octanol–water partition coefficient (Wildman–Crippen LogP) is 3.35. The molecular weight excluding hydrogens is 322 g/mol. The molecule has 0 saturated carbocycles. The molecule has 0 aromatic carbocycles. The van der Waals surface area contributed by atoms with E-state index in [9.17, 15) is 4.79 Å². The molecule has 0 aliphatic carbocycles. The number of nitrogens with zero attached hydrogens (tertiary/aromatic N) is 3. The highest BCUT2D eigenvalue weighted by atomic mass is 32.1. The Balaban J connectivity index is 1.80. The fourth-order valence-electron chi connectivity index (χ4n) is 2.57. The number of carbonyl (C=O) groups excluding carboxylic acids is 1. The van der Waals surface area contributed by atoms with Crippen molar-refractivity contribution in [3.63, 3.8) is 0 Å². The monoisotopic (exact) mass is 349 g/mol. The second-order valence-corrected chi connectivity index (χ2v) is 7.25. The molecule has 0 unspecified atom stereocenters. The zero-order valence-electron chi connectivity index (χ0n) is 15.1. The summed E-state index contributed by atoms with van der Waals surface area (Å²) in [6.45, 7) is 11.6. The molecule has 2 aromatic heterocycles. The van der Waals surface area contributed by atoms with Crippen molar-refractivity contribution in [3.8, 4) is 0 Å². The summed E-state index contributed by atoms with van der Waals surface area (Å²) in [5.41, 5.74) is 3.16. The number of rotatable bonds is 7. The van der Waals surface area contributed by atoms with Crippen molar-refractivity contribution in [1.29, 1.82) is 0 Å². The SMILES string of the molecule is CC[C@@H](NC(=O)NC[C@@H](C)Cn1nc(C)cc1C)c1nc(C)cs1. The van der Waals surface area contributed by atoms with E-state index in [1.54, 1.807) is 11.3 Å². The molecule has 2 atom stereocenters. The van der Waals surface area contributed by atoms with E-state index in [0.717, 1.165) is 35.1 Å². The summed E-state index contributed by atoms with van der Waals surface area (Å²) in [6, 6.07) is 1.89. The summed E-state index contributed by atoms with van der Waals surface area (Å²) < 4.78 is 1.99. The lowest BCUT2D eigenvalue weighted by atomic mass is 10.2. The molecule has 6 nitrogen and oxygen atoms in total. The molecule has 0 aliphatic rings. The van der Waals surface area contributed by atoms with E-state index in [1.807, 2.05) is 30.8 Å². The normalized spacial score (nSPS) is 13.5. The van der Waals surface area contributed by atoms with Crippen LogP contribution < -0.4 is 10.6 Å². The van der Waals surface area contributed by atoms with Crippen LogP contribution in [0.2, 0.25) is 0 Å². The molecule has 2 N–H and O–H groups in total. The van der Waals surface area contributed by atoms with Crippen LogP contribution in [0.1, 0.15) is 48.4 Å². The van der Waals surface area contributed by atoms with Gasteiger partial charge < -0.3 is 10.6 Å². The summed E-state index contributed by atoms with van der Waals surface area (Å²) in [4.78, 5) is 16.6. The van der Waals surface area contributed by atoms with Gasteiger partial charge in [-0.1, -0.05) is 13.8 Å². The Labute approximate surface area is 147 Å². The number of thiazole rings is 1. The van der Waals surface area contributed by atoms with Gasteiger partial charge in [-0.15, -0.1) is 11.3 Å². The molecule has 0 saturated heterocycles. The number of urea groups is 1. The Morgan fingerprint density at radius 1 is 1.33 bits per heavy atom. The molecule has 7 heteroatoms. The smallest absolute Gasteiger partial charge is 0.315 e. The first-order valence-electron chi connectivity index (χ1n) is 8.36. The van der Waals surface area contributed by atoms with Crippen LogP contribution in [0.25, 0.3) is 0 Å². The highest BCUT2D eigenvalue weighted by Crippen LogP contribution is 2.20. The van der Waals surface area contributed by atoms with Crippen molar-refractivity contribution < 1.29 is 4.79 Å². The van der Waals surface area contributed by atoms with E-state index in [4.69, 9.17) is 0 Å². The highest BCUT2D eigenvalue weighted by Gasteiger charge is 2.16. The number of aryl methyl sites for hydroxylation is 3. The van der Waals surface area contributed by atoms with Crippen molar-refractivity contribution in [3.05, 3.63) is 33.5 Å². The Hall–Kier alpha value is -1.89. The Morgan fingerprint density at radius 3 is 2.62 bits per heavy atom. The minimum Gasteiger partial charge on any atom is -0.338 e. The van der Waals surface area contributed by atoms with E-state index >= 15 is 0 Å². The Morgan fingerprint density at radius 2 is 2.08 bits per heavy atom. The first-order chi connectivity index (χ1) is 11.4. The highest BCUT2D eigenvalue weighted by molar-refractivity contribution is 7.09. The maximum atomic E-state index is 12.2. The zero-order chi connectivity index (χ0) is 17.7. The first kappa shape index (κ1) is 18.4. The van der Waals surface area contributed by atoms with E-state index < -0.39 is 0 Å². The van der Waals surface area contributed by atoms with Crippen LogP contribution in [-0.4, -0.2) is 27.3 Å². The first-order valence-corrected chi connectivity index (χ1v) is 9.24. The Kier molecular flexibility index (Phi) is 6.36. The van der Waals surface area contributed by atoms with Crippen molar-refractivity contribution in [1.82, 2.24) is 25.4 Å². The van der Waals surface area contributed by atoms with Gasteiger partial charge in [0, 0.05) is 29.9 Å². The second-order valence-electron chi connectivity index (χ2n) is 6.36. The quantitative estimate of drug-likeness (QED) is 0.805. The van der Waals surface area contributed by atoms with E-state index in [0.29, 0.717) is 12.5 Å². The van der Waals surface area contributed by atoms with Crippen molar-refractivity contribution in [2.75, 3.05) is 6.54 Å². The average Bonchev–Trinajstić information content (AvgIpc) is 3.08. The third kappa shape index (κ3) is 5.06. The summed E-state index contributed by atoms with van der Waals surface area (Å²) in [5.74, 6) is 0.302. The van der Waals surface area contributed by atoms with Crippen LogP contribution in [0.15, 0.2) is 11.4 Å². The lowest BCUT2D eigenvalue weighted by Crippen LogP contribution is -2.40. The fourth-order valence-corrected chi connectivity index (χ4v) is 3.50. The van der Waals surface area contributed by atoms with Gasteiger partial charge >= 0.3 is 6.03 Å². The molecule has 2 amide bonds. The summed E-state index contributed by atoms with van der Waals surface area (Å²) >= 11 is 1.59. The van der Waals surface area contributed by atoms with Gasteiger partial charge in [0.05, 0.1) is 11.7 Å². The van der Waals surface area contributed by atoms with Crippen LogP contribution in [-0.2, 0) is 6.54 Å². The number of hydrogen-bond acceptors (Lipinski definition) is 4. The molecule has 24 heavy (non-hydrogen) atoms. The topological polar surface area (TPSA) is 71.8 Å². The third-order valence-corrected chi connectivity index (χ3v) is 4.92. The summed E-state index contributed by atoms with van der Waals surface area (Å²) in [6.07, 6.45) is 0.821. The van der Waals surface area contributed by atoms with Crippen molar-refractivity contribution in [2.45, 2.75) is 53.6 Å². The fraction of sp³-hybridized carbons (Fsp3) is 0.588. The molecule has 2 heterocycles. The molecule has 0 fully saturated rings. The molecule has 0 radical (unpaired) electrons. The van der Waals surface area contributed by atoms with E-state index in [2.05, 4.69) is 40.6 Å². The minimum atomic E-state index is -0.144. The number of hydrogen-bond donors (Lipinski definition) is 2. The van der Waals surface area contributed by atoms with Crippen LogP contribution in [0, 0.1) is 26.7 Å². The minimum absolute atomic E-state index is 0.0324. The molecule has 0 bridgehead atoms. The molecule has 0 spiro atoms. The lowest BCUT2D eigenvalue weighted by Gasteiger charge is -2.17. The van der Waals surface area contributed by atoms with E-state index in [-0.39, 0.29) is 12.1 Å². The number of aromatic nitrogens is 3. The van der Waals surface area contributed by atoms with Crippen LogP contribution in [0.4, 0.5) is 4.79 Å². The van der Waals surface area contributed by atoms with Gasteiger partial charge in [0.25, 0.3) is 0 Å². The molecule has 2 aromatic rings. The van der Waals surface area contributed by atoms with Crippen molar-refractivity contribution in [2.24, 2.45) is 5.92 Å². The molecule has 2 rings (SSSR count). The third-order valence-electron chi connectivity index (χ3n) is 3.85. The molecule has 0 aliphatic heterocycles. The van der Waals surface area contributed by atoms with Gasteiger partial charge in [-0.2, -0.15) is 5.10 Å². The Bertz CT molecular complexity index is 678. The van der Waals surface area contributed by atoms with Gasteiger partial charge in [0.15, 0.2) is 0 Å². The van der Waals surface area contributed by atoms with Gasteiger partial charge in [-0.25, -0.2) is 9.78 Å². The standard InChI is InChI=1S/C17H27N5OS/c1-6-15(16-19-13(4)10-24-16)20-17(23)18-8-11(2)9-22-14(5)7-12(3)21-22/h7,10-11,15H,6,8-9H2,1-5H3,(H2,18,20,23)/t11-,15-/m1/s1. The van der Waals surface area contributed by atoms with Gasteiger partial charge in [0.1, 0.15) is 5.01 Å².